The first-order valence-corrected chi connectivity index (χ1v) is 14.9. The second-order valence-electron chi connectivity index (χ2n) is 10.4. The summed E-state index contributed by atoms with van der Waals surface area (Å²) in [5, 5.41) is 6.29. The van der Waals surface area contributed by atoms with Gasteiger partial charge in [0.2, 0.25) is 0 Å². The van der Waals surface area contributed by atoms with Gasteiger partial charge in [-0.3, -0.25) is 0 Å². The lowest BCUT2D eigenvalue weighted by Gasteiger charge is -2.46. The third kappa shape index (κ3) is 5.37. The largest absolute Gasteiger partial charge is 0.302 e. The van der Waals surface area contributed by atoms with Crippen LogP contribution < -0.4 is 10.5 Å². The fourth-order valence-corrected chi connectivity index (χ4v) is 9.18. The first kappa shape index (κ1) is 23.5. The minimum atomic E-state index is -1.22. The second kappa shape index (κ2) is 10.5. The van der Waals surface area contributed by atoms with Crippen LogP contribution >= 0.6 is 0 Å². The fraction of sp³-hybridized carbons (Fsp3) is 0.643. The zero-order valence-corrected chi connectivity index (χ0v) is 21.5. The minimum absolute atomic E-state index is 0.00127. The standard InChI is InChI=1S/C28H45NSi/c1-23-22-27(4,25(3)24(23)2)29-28(30(5)26-18-14-13-15-19-26)20-16-11-9-7-6-8-10-12-17-21-28/h13-15,18-19,22,29-30H,6-12,16-17,20-21H2,1-5H3. The van der Waals surface area contributed by atoms with Gasteiger partial charge in [-0.25, -0.2) is 0 Å². The van der Waals surface area contributed by atoms with Gasteiger partial charge in [-0.15, -0.1) is 0 Å². The Morgan fingerprint density at radius 2 is 1.27 bits per heavy atom. The fourth-order valence-electron chi connectivity index (χ4n) is 5.95. The Hall–Kier alpha value is -1.12. The summed E-state index contributed by atoms with van der Waals surface area (Å²) in [7, 11) is -1.22. The lowest BCUT2D eigenvalue weighted by Crippen LogP contribution is -2.66. The Morgan fingerprint density at radius 3 is 1.73 bits per heavy atom. The first-order valence-electron chi connectivity index (χ1n) is 12.6. The van der Waals surface area contributed by atoms with Gasteiger partial charge < -0.3 is 5.32 Å². The van der Waals surface area contributed by atoms with E-state index in [1.54, 1.807) is 5.19 Å². The molecule has 0 amide bonds. The van der Waals surface area contributed by atoms with Crippen molar-refractivity contribution in [3.63, 3.8) is 0 Å². The van der Waals surface area contributed by atoms with Gasteiger partial charge in [0.25, 0.3) is 0 Å². The zero-order valence-electron chi connectivity index (χ0n) is 20.3. The molecule has 2 heteroatoms. The number of nitrogens with one attached hydrogen (secondary N) is 1. The van der Waals surface area contributed by atoms with Crippen molar-refractivity contribution >= 4 is 14.0 Å². The van der Waals surface area contributed by atoms with Crippen LogP contribution in [-0.2, 0) is 0 Å². The summed E-state index contributed by atoms with van der Waals surface area (Å²) in [4.78, 5) is 0. The van der Waals surface area contributed by atoms with Gasteiger partial charge >= 0.3 is 0 Å². The van der Waals surface area contributed by atoms with Gasteiger partial charge in [-0.1, -0.05) is 112 Å². The minimum Gasteiger partial charge on any atom is -0.302 e. The van der Waals surface area contributed by atoms with Gasteiger partial charge in [-0.2, -0.15) is 0 Å². The summed E-state index contributed by atoms with van der Waals surface area (Å²) in [6, 6.07) is 11.5. The van der Waals surface area contributed by atoms with Crippen molar-refractivity contribution in [1.82, 2.24) is 5.32 Å². The molecule has 1 aromatic carbocycles. The molecule has 1 saturated carbocycles. The van der Waals surface area contributed by atoms with Gasteiger partial charge in [0.05, 0.1) is 14.3 Å². The van der Waals surface area contributed by atoms with Crippen LogP contribution in [-0.4, -0.2) is 19.5 Å². The molecule has 166 valence electrons. The maximum atomic E-state index is 4.40. The van der Waals surface area contributed by atoms with E-state index in [1.165, 1.54) is 87.3 Å². The molecule has 30 heavy (non-hydrogen) atoms. The van der Waals surface area contributed by atoms with Crippen LogP contribution in [0.4, 0.5) is 0 Å². The highest BCUT2D eigenvalue weighted by Gasteiger charge is 2.43. The molecule has 1 N–H and O–H groups in total. The average Bonchev–Trinajstić information content (AvgIpc) is 2.92. The summed E-state index contributed by atoms with van der Waals surface area (Å²) >= 11 is 0. The van der Waals surface area contributed by atoms with Crippen LogP contribution in [0.15, 0.2) is 53.1 Å². The summed E-state index contributed by atoms with van der Waals surface area (Å²) in [5.41, 5.74) is 4.48. The molecule has 3 rings (SSSR count). The highest BCUT2D eigenvalue weighted by atomic mass is 28.3. The molecule has 0 heterocycles. The molecule has 2 atom stereocenters. The van der Waals surface area contributed by atoms with E-state index < -0.39 is 8.80 Å². The van der Waals surface area contributed by atoms with Crippen molar-refractivity contribution in [3.8, 4) is 0 Å². The number of hydrogen-bond donors (Lipinski definition) is 1. The Bertz CT molecular complexity index is 735. The van der Waals surface area contributed by atoms with Crippen LogP contribution in [0.2, 0.25) is 6.55 Å². The van der Waals surface area contributed by atoms with Crippen molar-refractivity contribution in [1.29, 1.82) is 0 Å². The molecule has 2 unspecified atom stereocenters. The van der Waals surface area contributed by atoms with Crippen LogP contribution in [0.5, 0.6) is 0 Å². The molecule has 0 aliphatic heterocycles. The number of rotatable bonds is 4. The average molecular weight is 424 g/mol. The maximum Gasteiger partial charge on any atom is 0.0901 e. The van der Waals surface area contributed by atoms with Crippen LogP contribution in [0, 0.1) is 0 Å². The molecule has 1 aromatic rings. The molecule has 1 fully saturated rings. The molecular weight excluding hydrogens is 378 g/mol. The monoisotopic (exact) mass is 423 g/mol. The zero-order chi connectivity index (χ0) is 21.6. The van der Waals surface area contributed by atoms with E-state index in [1.807, 2.05) is 0 Å². The van der Waals surface area contributed by atoms with Gasteiger partial charge in [0.15, 0.2) is 0 Å². The van der Waals surface area contributed by atoms with Crippen molar-refractivity contribution < 1.29 is 0 Å². The summed E-state index contributed by atoms with van der Waals surface area (Å²) in [5.74, 6) is 0. The molecule has 2 aliphatic carbocycles. The topological polar surface area (TPSA) is 12.0 Å². The molecule has 2 aliphatic rings. The second-order valence-corrected chi connectivity index (χ2v) is 13.6. The third-order valence-corrected chi connectivity index (χ3v) is 12.1. The van der Waals surface area contributed by atoms with E-state index in [2.05, 4.69) is 76.0 Å². The highest BCUT2D eigenvalue weighted by Crippen LogP contribution is 2.38. The summed E-state index contributed by atoms with van der Waals surface area (Å²) in [6.45, 7) is 12.0. The Kier molecular flexibility index (Phi) is 8.21. The Labute approximate surface area is 188 Å². The SMILES string of the molecule is CC1=CC(C)(NC2([SiH](C)c3ccccc3)CCCCCCCCCCC2)C(C)=C1C. The van der Waals surface area contributed by atoms with Gasteiger partial charge in [0.1, 0.15) is 0 Å². The number of hydrogen-bond acceptors (Lipinski definition) is 1. The van der Waals surface area contributed by atoms with Crippen molar-refractivity contribution in [2.24, 2.45) is 0 Å². The third-order valence-electron chi connectivity index (χ3n) is 8.32. The molecule has 0 spiro atoms. The number of benzene rings is 1. The van der Waals surface area contributed by atoms with E-state index in [-0.39, 0.29) is 10.7 Å². The normalized spacial score (nSPS) is 27.2. The molecule has 1 nitrogen and oxygen atoms in total. The summed E-state index contributed by atoms with van der Waals surface area (Å²) < 4.78 is 0. The van der Waals surface area contributed by atoms with E-state index in [4.69, 9.17) is 0 Å². The molecule has 0 aromatic heterocycles. The van der Waals surface area contributed by atoms with Crippen LogP contribution in [0.25, 0.3) is 0 Å². The predicted octanol–water partition coefficient (Wildman–Crippen LogP) is 6.98. The highest BCUT2D eigenvalue weighted by molar-refractivity contribution is 6.75. The molecular formula is C28H45NSi. The lowest BCUT2D eigenvalue weighted by molar-refractivity contribution is 0.304. The molecule has 0 radical (unpaired) electrons. The van der Waals surface area contributed by atoms with Gasteiger partial charge in [-0.05, 0) is 51.7 Å². The molecule has 0 saturated heterocycles. The first-order chi connectivity index (χ1) is 14.4. The van der Waals surface area contributed by atoms with Gasteiger partial charge in [0, 0.05) is 5.16 Å². The number of allylic oxidation sites excluding steroid dienone is 2. The molecule has 0 bridgehead atoms. The van der Waals surface area contributed by atoms with Crippen molar-refractivity contribution in [2.45, 2.75) is 116 Å². The van der Waals surface area contributed by atoms with E-state index in [0.29, 0.717) is 0 Å². The maximum absolute atomic E-state index is 4.40. The van der Waals surface area contributed by atoms with E-state index in [9.17, 15) is 0 Å². The van der Waals surface area contributed by atoms with E-state index in [0.717, 1.165) is 0 Å². The van der Waals surface area contributed by atoms with E-state index >= 15 is 0 Å². The smallest absolute Gasteiger partial charge is 0.0901 e. The van der Waals surface area contributed by atoms with Crippen LogP contribution in [0.1, 0.15) is 98.3 Å². The Balaban J connectivity index is 1.96. The Morgan fingerprint density at radius 1 is 0.767 bits per heavy atom. The lowest BCUT2D eigenvalue weighted by atomic mass is 9.90. The quantitative estimate of drug-likeness (QED) is 0.515. The van der Waals surface area contributed by atoms with Crippen LogP contribution in [0.3, 0.4) is 0 Å². The summed E-state index contributed by atoms with van der Waals surface area (Å²) in [6.07, 6.45) is 17.9. The van der Waals surface area contributed by atoms with Crippen molar-refractivity contribution in [2.75, 3.05) is 0 Å². The van der Waals surface area contributed by atoms with Crippen molar-refractivity contribution in [3.05, 3.63) is 53.1 Å². The predicted molar refractivity (Wildman–Crippen MR) is 136 cm³/mol.